The molecule has 0 aliphatic heterocycles. The molecule has 0 aromatic carbocycles. The Morgan fingerprint density at radius 1 is 1.56 bits per heavy atom. The molecule has 88 valence electrons. The average Bonchev–Trinajstić information content (AvgIpc) is 2.62. The van der Waals surface area contributed by atoms with Gasteiger partial charge in [-0.25, -0.2) is 4.79 Å². The molecule has 0 aliphatic carbocycles. The Morgan fingerprint density at radius 2 is 2.31 bits per heavy atom. The van der Waals surface area contributed by atoms with E-state index in [1.54, 1.807) is 6.08 Å². The van der Waals surface area contributed by atoms with Crippen LogP contribution in [0.3, 0.4) is 0 Å². The van der Waals surface area contributed by atoms with E-state index in [2.05, 4.69) is 18.7 Å². The molecule has 16 heavy (non-hydrogen) atoms. The number of hydrogen-bond donors (Lipinski definition) is 1. The number of carboxylic acid groups (broad SMARTS) is 1. The van der Waals surface area contributed by atoms with Crippen LogP contribution in [-0.2, 0) is 12.8 Å². The van der Waals surface area contributed by atoms with E-state index >= 15 is 0 Å². The van der Waals surface area contributed by atoms with Crippen molar-refractivity contribution in [3.63, 3.8) is 0 Å². The summed E-state index contributed by atoms with van der Waals surface area (Å²) in [6.45, 7) is 5.66. The van der Waals surface area contributed by atoms with Crippen LogP contribution in [0.15, 0.2) is 17.2 Å². The molecule has 1 N–H and O–H groups in total. The number of nitrogens with zero attached hydrogens (tertiary/aromatic N) is 1. The normalized spacial score (nSPS) is 10.3. The summed E-state index contributed by atoms with van der Waals surface area (Å²) in [5.41, 5.74) is 0.772. The quantitative estimate of drug-likeness (QED) is 0.570. The number of carboxylic acids is 1. The second kappa shape index (κ2) is 6.10. The van der Waals surface area contributed by atoms with Crippen molar-refractivity contribution in [3.8, 4) is 0 Å². The van der Waals surface area contributed by atoms with Gasteiger partial charge in [-0.05, 0) is 12.8 Å². The molecule has 0 radical (unpaired) electrons. The standard InChI is InChI=1S/C12H17NO3/c1-3-5-6-8-9-11(12(14)15)10(7-4-2)16-13-9/h4H,2-3,5-8H2,1H3,(H,14,15). The number of carbonyl (C=O) groups is 1. The molecule has 1 heterocycles. The zero-order valence-electron chi connectivity index (χ0n) is 9.53. The van der Waals surface area contributed by atoms with Crippen molar-refractivity contribution in [2.24, 2.45) is 0 Å². The Morgan fingerprint density at radius 3 is 2.88 bits per heavy atom. The Bertz CT molecular complexity index is 368. The Kier molecular flexibility index (Phi) is 4.76. The first-order valence-electron chi connectivity index (χ1n) is 5.52. The van der Waals surface area contributed by atoms with Crippen LogP contribution in [0.5, 0.6) is 0 Å². The third-order valence-electron chi connectivity index (χ3n) is 2.39. The summed E-state index contributed by atoms with van der Waals surface area (Å²) in [6, 6.07) is 0. The van der Waals surface area contributed by atoms with Crippen molar-refractivity contribution in [3.05, 3.63) is 29.7 Å². The van der Waals surface area contributed by atoms with Gasteiger partial charge >= 0.3 is 5.97 Å². The highest BCUT2D eigenvalue weighted by atomic mass is 16.5. The second-order valence-electron chi connectivity index (χ2n) is 3.68. The molecule has 0 aliphatic rings. The lowest BCUT2D eigenvalue weighted by Crippen LogP contribution is -2.03. The fraction of sp³-hybridized carbons (Fsp3) is 0.500. The molecule has 0 amide bonds. The van der Waals surface area contributed by atoms with Crippen LogP contribution in [0.2, 0.25) is 0 Å². The molecule has 4 heteroatoms. The number of rotatable bonds is 7. The molecule has 1 aromatic rings. The summed E-state index contributed by atoms with van der Waals surface area (Å²) in [4.78, 5) is 11.1. The summed E-state index contributed by atoms with van der Waals surface area (Å²) in [7, 11) is 0. The molecule has 0 saturated carbocycles. The van der Waals surface area contributed by atoms with Crippen LogP contribution >= 0.6 is 0 Å². The summed E-state index contributed by atoms with van der Waals surface area (Å²) in [5, 5.41) is 12.9. The van der Waals surface area contributed by atoms with Crippen LogP contribution in [0, 0.1) is 0 Å². The Hall–Kier alpha value is -1.58. The number of aromatic carboxylic acids is 1. The van der Waals surface area contributed by atoms with E-state index in [4.69, 9.17) is 9.63 Å². The van der Waals surface area contributed by atoms with E-state index < -0.39 is 5.97 Å². The largest absolute Gasteiger partial charge is 0.477 e. The smallest absolute Gasteiger partial charge is 0.341 e. The van der Waals surface area contributed by atoms with Gasteiger partial charge in [0.1, 0.15) is 5.56 Å². The number of hydrogen-bond acceptors (Lipinski definition) is 3. The molecule has 0 bridgehead atoms. The molecule has 1 aromatic heterocycles. The maximum atomic E-state index is 11.1. The van der Waals surface area contributed by atoms with Gasteiger partial charge < -0.3 is 9.63 Å². The van der Waals surface area contributed by atoms with Gasteiger partial charge in [0.2, 0.25) is 0 Å². The highest BCUT2D eigenvalue weighted by molar-refractivity contribution is 5.90. The first-order chi connectivity index (χ1) is 7.70. The minimum absolute atomic E-state index is 0.219. The van der Waals surface area contributed by atoms with Gasteiger partial charge in [-0.15, -0.1) is 6.58 Å². The van der Waals surface area contributed by atoms with Crippen LogP contribution < -0.4 is 0 Å². The number of aryl methyl sites for hydroxylation is 1. The van der Waals surface area contributed by atoms with E-state index in [0.717, 1.165) is 19.3 Å². The predicted molar refractivity (Wildman–Crippen MR) is 60.6 cm³/mol. The maximum absolute atomic E-state index is 11.1. The van der Waals surface area contributed by atoms with Crippen molar-refractivity contribution in [2.45, 2.75) is 39.0 Å². The fourth-order valence-corrected chi connectivity index (χ4v) is 1.59. The first kappa shape index (κ1) is 12.5. The van der Waals surface area contributed by atoms with Crippen molar-refractivity contribution < 1.29 is 14.4 Å². The van der Waals surface area contributed by atoms with Gasteiger partial charge in [0.05, 0.1) is 5.69 Å². The lowest BCUT2D eigenvalue weighted by molar-refractivity contribution is 0.0693. The van der Waals surface area contributed by atoms with Crippen molar-refractivity contribution in [1.82, 2.24) is 5.16 Å². The highest BCUT2D eigenvalue weighted by Crippen LogP contribution is 2.17. The topological polar surface area (TPSA) is 63.3 Å². The van der Waals surface area contributed by atoms with E-state index in [1.807, 2.05) is 0 Å². The monoisotopic (exact) mass is 223 g/mol. The van der Waals surface area contributed by atoms with Crippen LogP contribution in [0.4, 0.5) is 0 Å². The SMILES string of the molecule is C=CCc1onc(CCCCC)c1C(=O)O. The van der Waals surface area contributed by atoms with Crippen molar-refractivity contribution >= 4 is 5.97 Å². The summed E-state index contributed by atoms with van der Waals surface area (Å²) in [6.07, 6.45) is 5.79. The van der Waals surface area contributed by atoms with Gasteiger partial charge in [0.25, 0.3) is 0 Å². The third-order valence-corrected chi connectivity index (χ3v) is 2.39. The zero-order valence-corrected chi connectivity index (χ0v) is 9.53. The summed E-state index contributed by atoms with van der Waals surface area (Å²) >= 11 is 0. The minimum atomic E-state index is -0.968. The summed E-state index contributed by atoms with van der Waals surface area (Å²) in [5.74, 6) is -0.571. The number of unbranched alkanes of at least 4 members (excludes halogenated alkanes) is 2. The van der Waals surface area contributed by atoms with Crippen LogP contribution in [-0.4, -0.2) is 16.2 Å². The molecule has 0 saturated heterocycles. The van der Waals surface area contributed by atoms with Gasteiger partial charge in [-0.3, -0.25) is 0 Å². The van der Waals surface area contributed by atoms with Gasteiger partial charge in [-0.1, -0.05) is 31.0 Å². The Labute approximate surface area is 94.9 Å². The molecule has 0 spiro atoms. The highest BCUT2D eigenvalue weighted by Gasteiger charge is 2.20. The Balaban J connectivity index is 2.82. The van der Waals surface area contributed by atoms with Crippen LogP contribution in [0.1, 0.15) is 48.0 Å². The fourth-order valence-electron chi connectivity index (χ4n) is 1.59. The number of allylic oxidation sites excluding steroid dienone is 1. The number of aromatic nitrogens is 1. The third kappa shape index (κ3) is 2.95. The second-order valence-corrected chi connectivity index (χ2v) is 3.68. The van der Waals surface area contributed by atoms with E-state index in [0.29, 0.717) is 24.3 Å². The lowest BCUT2D eigenvalue weighted by atomic mass is 10.1. The maximum Gasteiger partial charge on any atom is 0.341 e. The molecule has 0 unspecified atom stereocenters. The van der Waals surface area contributed by atoms with Gasteiger partial charge in [0, 0.05) is 6.42 Å². The predicted octanol–water partition coefficient (Wildman–Crippen LogP) is 2.83. The lowest BCUT2D eigenvalue weighted by Gasteiger charge is -1.97. The molecule has 1 rings (SSSR count). The van der Waals surface area contributed by atoms with Gasteiger partial charge in [0.15, 0.2) is 5.76 Å². The van der Waals surface area contributed by atoms with Gasteiger partial charge in [-0.2, -0.15) is 0 Å². The minimum Gasteiger partial charge on any atom is -0.477 e. The van der Waals surface area contributed by atoms with Crippen molar-refractivity contribution in [2.75, 3.05) is 0 Å². The summed E-state index contributed by atoms with van der Waals surface area (Å²) < 4.78 is 5.03. The molecule has 0 atom stereocenters. The zero-order chi connectivity index (χ0) is 12.0. The van der Waals surface area contributed by atoms with Crippen LogP contribution in [0.25, 0.3) is 0 Å². The van der Waals surface area contributed by atoms with E-state index in [-0.39, 0.29) is 5.56 Å². The molecule has 0 fully saturated rings. The van der Waals surface area contributed by atoms with E-state index in [1.165, 1.54) is 0 Å². The molecule has 4 nitrogen and oxygen atoms in total. The molecular formula is C12H17NO3. The average molecular weight is 223 g/mol. The molecular weight excluding hydrogens is 206 g/mol. The van der Waals surface area contributed by atoms with E-state index in [9.17, 15) is 4.79 Å². The van der Waals surface area contributed by atoms with Crippen molar-refractivity contribution in [1.29, 1.82) is 0 Å². The first-order valence-corrected chi connectivity index (χ1v) is 5.52.